The van der Waals surface area contributed by atoms with Crippen LogP contribution in [0.2, 0.25) is 0 Å². The van der Waals surface area contributed by atoms with Crippen LogP contribution in [-0.4, -0.2) is 42.7 Å². The van der Waals surface area contributed by atoms with Crippen LogP contribution in [0.25, 0.3) is 10.8 Å². The first-order valence-corrected chi connectivity index (χ1v) is 10.8. The molecule has 0 aromatic heterocycles. The maximum atomic E-state index is 14.0. The van der Waals surface area contributed by atoms with E-state index in [0.29, 0.717) is 5.69 Å². The number of hydrogen-bond donors (Lipinski definition) is 3. The lowest BCUT2D eigenvalue weighted by atomic mass is 10.0. The molecule has 174 valence electrons. The van der Waals surface area contributed by atoms with E-state index < -0.39 is 35.8 Å². The normalized spacial score (nSPS) is 12.7. The Kier molecular flexibility index (Phi) is 8.51. The van der Waals surface area contributed by atoms with Crippen molar-refractivity contribution in [2.45, 2.75) is 18.6 Å². The second-order valence-corrected chi connectivity index (χ2v) is 7.45. The highest BCUT2D eigenvalue weighted by molar-refractivity contribution is 7.81. The summed E-state index contributed by atoms with van der Waals surface area (Å²) in [6, 6.07) is 16.7. The number of rotatable bonds is 9. The van der Waals surface area contributed by atoms with Gasteiger partial charge in [0, 0.05) is 18.9 Å². The first kappa shape index (κ1) is 24.3. The number of carbonyl (C=O) groups is 2. The third-order valence-corrected chi connectivity index (χ3v) is 5.25. The third kappa shape index (κ3) is 6.36. The Balaban J connectivity index is 1.82. The maximum Gasteiger partial charge on any atom is 0.412 e. The van der Waals surface area contributed by atoms with Crippen LogP contribution >= 0.6 is 12.6 Å². The van der Waals surface area contributed by atoms with Crippen LogP contribution in [0, 0.1) is 5.82 Å². The largest absolute Gasteiger partial charge is 0.505 e. The van der Waals surface area contributed by atoms with Gasteiger partial charge in [-0.1, -0.05) is 42.5 Å². The molecule has 0 saturated heterocycles. The molecule has 2 N–H and O–H groups in total. The van der Waals surface area contributed by atoms with E-state index in [1.807, 2.05) is 30.3 Å². The smallest absolute Gasteiger partial charge is 0.412 e. The Morgan fingerprint density at radius 2 is 1.88 bits per heavy atom. The lowest BCUT2D eigenvalue weighted by Crippen LogP contribution is -2.29. The van der Waals surface area contributed by atoms with E-state index in [4.69, 9.17) is 14.2 Å². The number of phenols is 1. The fraction of sp³-hybridized carbons (Fsp3) is 0.250. The Labute approximate surface area is 195 Å². The molecule has 33 heavy (non-hydrogen) atoms. The van der Waals surface area contributed by atoms with Gasteiger partial charge in [-0.25, -0.2) is 9.18 Å². The van der Waals surface area contributed by atoms with Crippen molar-refractivity contribution in [3.63, 3.8) is 0 Å². The third-order valence-electron chi connectivity index (χ3n) is 5.00. The predicted octanol–water partition coefficient (Wildman–Crippen LogP) is 4.85. The van der Waals surface area contributed by atoms with Gasteiger partial charge in [0.25, 0.3) is 0 Å². The molecule has 2 atom stereocenters. The lowest BCUT2D eigenvalue weighted by molar-refractivity contribution is -0.141. The van der Waals surface area contributed by atoms with Crippen LogP contribution in [-0.2, 0) is 19.0 Å². The minimum atomic E-state index is -1.05. The quantitative estimate of drug-likeness (QED) is 0.304. The number of anilines is 1. The molecule has 9 heteroatoms. The maximum absolute atomic E-state index is 14.0. The number of methoxy groups -OCH3 is 1. The zero-order chi connectivity index (χ0) is 23.8. The highest BCUT2D eigenvalue weighted by Crippen LogP contribution is 2.30. The molecule has 0 aliphatic heterocycles. The van der Waals surface area contributed by atoms with Gasteiger partial charge in [-0.3, -0.25) is 10.1 Å². The highest BCUT2D eigenvalue weighted by Gasteiger charge is 2.28. The molecule has 7 nitrogen and oxygen atoms in total. The molecular weight excluding hydrogens is 449 g/mol. The van der Waals surface area contributed by atoms with Gasteiger partial charge in [0.05, 0.1) is 18.0 Å². The van der Waals surface area contributed by atoms with Crippen LogP contribution in [0.15, 0.2) is 60.7 Å². The highest BCUT2D eigenvalue weighted by atomic mass is 32.1. The van der Waals surface area contributed by atoms with Crippen molar-refractivity contribution in [1.82, 2.24) is 0 Å². The molecule has 0 heterocycles. The Bertz CT molecular complexity index is 1120. The SMILES string of the molecule is CO[C@@H](CCOC(=O)CS)[C@@H](OC(=O)Nc1cccc2ccccc12)c1ccc(O)c(F)c1. The first-order valence-electron chi connectivity index (χ1n) is 10.2. The summed E-state index contributed by atoms with van der Waals surface area (Å²) in [6.07, 6.45) is -2.42. The van der Waals surface area contributed by atoms with Gasteiger partial charge in [-0.15, -0.1) is 0 Å². The van der Waals surface area contributed by atoms with E-state index in [2.05, 4.69) is 17.9 Å². The number of phenolic OH excluding ortho intramolecular Hbond substituents is 1. The van der Waals surface area contributed by atoms with Crippen LogP contribution in [0.4, 0.5) is 14.9 Å². The van der Waals surface area contributed by atoms with Crippen molar-refractivity contribution in [1.29, 1.82) is 0 Å². The molecule has 0 unspecified atom stereocenters. The molecule has 3 aromatic carbocycles. The summed E-state index contributed by atoms with van der Waals surface area (Å²) in [7, 11) is 1.40. The standard InChI is InChI=1S/C24H24FNO6S/c1-30-21(11-12-31-22(28)14-33)23(16-9-10-20(27)18(25)13-16)32-24(29)26-19-8-4-6-15-5-2-3-7-17(15)19/h2-10,13,21,23,27,33H,11-12,14H2,1H3,(H,26,29)/t21-,23-/m0/s1. The molecule has 3 aromatic rings. The number of carbonyl (C=O) groups excluding carboxylic acids is 2. The predicted molar refractivity (Wildman–Crippen MR) is 125 cm³/mol. The van der Waals surface area contributed by atoms with Gasteiger partial charge < -0.3 is 19.3 Å². The van der Waals surface area contributed by atoms with Gasteiger partial charge in [0.15, 0.2) is 17.7 Å². The van der Waals surface area contributed by atoms with Gasteiger partial charge in [-0.2, -0.15) is 12.6 Å². The van der Waals surface area contributed by atoms with Crippen molar-refractivity contribution in [3.8, 4) is 5.75 Å². The van der Waals surface area contributed by atoms with Crippen molar-refractivity contribution in [2.75, 3.05) is 24.8 Å². The number of hydrogen-bond acceptors (Lipinski definition) is 7. The van der Waals surface area contributed by atoms with Crippen LogP contribution in [0.3, 0.4) is 0 Å². The Hall–Kier alpha value is -3.30. The summed E-state index contributed by atoms with van der Waals surface area (Å²) < 4.78 is 30.2. The molecule has 0 aliphatic carbocycles. The number of esters is 1. The molecule has 0 radical (unpaired) electrons. The lowest BCUT2D eigenvalue weighted by Gasteiger charge is -2.26. The van der Waals surface area contributed by atoms with E-state index in [9.17, 15) is 19.1 Å². The summed E-state index contributed by atoms with van der Waals surface area (Å²) in [5, 5.41) is 14.0. The number of halogens is 1. The van der Waals surface area contributed by atoms with Crippen molar-refractivity contribution in [2.24, 2.45) is 0 Å². The Morgan fingerprint density at radius 1 is 1.12 bits per heavy atom. The molecular formula is C24H24FNO6S. The summed E-state index contributed by atoms with van der Waals surface area (Å²) in [5.74, 6) is -1.98. The van der Waals surface area contributed by atoms with Crippen LogP contribution < -0.4 is 5.32 Å². The molecule has 0 bridgehead atoms. The minimum Gasteiger partial charge on any atom is -0.505 e. The molecule has 0 saturated carbocycles. The Morgan fingerprint density at radius 3 is 2.61 bits per heavy atom. The number of ether oxygens (including phenoxy) is 3. The number of benzene rings is 3. The second kappa shape index (κ2) is 11.5. The van der Waals surface area contributed by atoms with Crippen molar-refractivity contribution in [3.05, 3.63) is 72.0 Å². The summed E-state index contributed by atoms with van der Waals surface area (Å²) in [4.78, 5) is 24.2. The van der Waals surface area contributed by atoms with E-state index in [-0.39, 0.29) is 24.3 Å². The average Bonchev–Trinajstić information content (AvgIpc) is 2.82. The molecule has 3 rings (SSSR count). The van der Waals surface area contributed by atoms with Gasteiger partial charge in [0.1, 0.15) is 6.10 Å². The topological polar surface area (TPSA) is 94.1 Å². The van der Waals surface area contributed by atoms with Crippen molar-refractivity contribution < 1.29 is 33.3 Å². The minimum absolute atomic E-state index is 0.0106. The fourth-order valence-corrected chi connectivity index (χ4v) is 3.47. The first-order chi connectivity index (χ1) is 15.9. The number of aromatic hydroxyl groups is 1. The molecule has 1 amide bonds. The molecule has 0 aliphatic rings. The summed E-state index contributed by atoms with van der Waals surface area (Å²) >= 11 is 3.85. The van der Waals surface area contributed by atoms with Gasteiger partial charge in [-0.05, 0) is 29.1 Å². The summed E-state index contributed by atoms with van der Waals surface area (Å²) in [6.45, 7) is -0.0106. The number of thiol groups is 1. The number of fused-ring (bicyclic) bond motifs is 1. The second-order valence-electron chi connectivity index (χ2n) is 7.13. The van der Waals surface area contributed by atoms with E-state index in [1.165, 1.54) is 13.2 Å². The van der Waals surface area contributed by atoms with Crippen LogP contribution in [0.1, 0.15) is 18.1 Å². The zero-order valence-electron chi connectivity index (χ0n) is 17.9. The zero-order valence-corrected chi connectivity index (χ0v) is 18.8. The van der Waals surface area contributed by atoms with Crippen LogP contribution in [0.5, 0.6) is 5.75 Å². The van der Waals surface area contributed by atoms with Gasteiger partial charge >= 0.3 is 12.1 Å². The van der Waals surface area contributed by atoms with Gasteiger partial charge in [0.2, 0.25) is 0 Å². The number of nitrogens with one attached hydrogen (secondary N) is 1. The fourth-order valence-electron chi connectivity index (χ4n) is 3.38. The van der Waals surface area contributed by atoms with Crippen molar-refractivity contribution >= 4 is 41.2 Å². The van der Waals surface area contributed by atoms with E-state index in [1.54, 1.807) is 12.1 Å². The molecule has 0 fully saturated rings. The molecule has 0 spiro atoms. The van der Waals surface area contributed by atoms with E-state index in [0.717, 1.165) is 22.9 Å². The van der Waals surface area contributed by atoms with E-state index >= 15 is 0 Å². The monoisotopic (exact) mass is 473 g/mol. The number of amides is 1. The summed E-state index contributed by atoms with van der Waals surface area (Å²) in [5.41, 5.74) is 0.816. The average molecular weight is 474 g/mol.